The number of aliphatic hydroxyl groups excluding tert-OH is 5. The van der Waals surface area contributed by atoms with Crippen LogP contribution in [0, 0.1) is 0 Å². The molecule has 9 heteroatoms. The zero-order valence-electron chi connectivity index (χ0n) is 51.2. The van der Waals surface area contributed by atoms with Crippen molar-refractivity contribution in [2.75, 3.05) is 13.2 Å². The first-order chi connectivity index (χ1) is 38.3. The van der Waals surface area contributed by atoms with Crippen LogP contribution in [0.25, 0.3) is 0 Å². The third-order valence-corrected chi connectivity index (χ3v) is 16.1. The topological polar surface area (TPSA) is 149 Å². The molecule has 1 saturated heterocycles. The van der Waals surface area contributed by atoms with Crippen molar-refractivity contribution >= 4 is 5.91 Å². The second kappa shape index (κ2) is 58.4. The van der Waals surface area contributed by atoms with E-state index in [0.717, 1.165) is 44.9 Å². The number of allylic oxidation sites excluding steroid dienone is 7. The summed E-state index contributed by atoms with van der Waals surface area (Å²) in [6, 6.07) is -0.829. The minimum absolute atomic E-state index is 0.186. The fraction of sp³-hybridized carbons (Fsp3) is 0.870. The van der Waals surface area contributed by atoms with Gasteiger partial charge in [-0.15, -0.1) is 0 Å². The third kappa shape index (κ3) is 46.7. The maximum atomic E-state index is 13.1. The number of rotatable bonds is 59. The van der Waals surface area contributed by atoms with Crippen molar-refractivity contribution in [3.63, 3.8) is 0 Å². The van der Waals surface area contributed by atoms with Crippen LogP contribution in [0.15, 0.2) is 48.6 Å². The monoisotopic (exact) mass is 1100 g/mol. The van der Waals surface area contributed by atoms with Crippen LogP contribution in [0.1, 0.15) is 328 Å². The molecule has 458 valence electrons. The highest BCUT2D eigenvalue weighted by atomic mass is 16.7. The summed E-state index contributed by atoms with van der Waals surface area (Å²) in [6.45, 7) is 3.80. The summed E-state index contributed by atoms with van der Waals surface area (Å²) >= 11 is 0. The van der Waals surface area contributed by atoms with Gasteiger partial charge in [0, 0.05) is 6.42 Å². The van der Waals surface area contributed by atoms with Gasteiger partial charge in [0.05, 0.1) is 25.4 Å². The van der Waals surface area contributed by atoms with Crippen LogP contribution in [0.4, 0.5) is 0 Å². The minimum Gasteiger partial charge on any atom is -0.394 e. The Labute approximate surface area is 482 Å². The van der Waals surface area contributed by atoms with Gasteiger partial charge in [-0.1, -0.05) is 300 Å². The van der Waals surface area contributed by atoms with E-state index >= 15 is 0 Å². The van der Waals surface area contributed by atoms with Gasteiger partial charge in [0.15, 0.2) is 6.29 Å². The number of aliphatic hydroxyl groups is 5. The number of hydrogen-bond donors (Lipinski definition) is 6. The van der Waals surface area contributed by atoms with Crippen molar-refractivity contribution in [1.82, 2.24) is 5.32 Å². The number of carbonyl (C=O) groups excluding carboxylic acids is 1. The molecule has 0 aromatic rings. The summed E-state index contributed by atoms with van der Waals surface area (Å²) < 4.78 is 11.3. The van der Waals surface area contributed by atoms with Crippen LogP contribution in [-0.4, -0.2) is 87.5 Å². The standard InChI is InChI=1S/C69H129NO8/c1-3-5-7-9-11-13-15-17-19-21-23-25-27-29-31-32-33-35-37-39-41-43-45-47-49-51-53-55-57-59-65(73)70-62(61-77-69-68(76)67(75)66(74)64(60-71)78-69)63(72)58-56-54-52-50-48-46-44-42-40-38-36-34-30-28-26-24-22-20-18-16-14-12-10-8-6-4-2/h21,23,40,42,48,50,56,58,62-64,66-69,71-72,74-76H,3-20,22,24-39,41,43-47,49,51-55,57,59-61H2,1-2H3,(H,70,73)/b23-21-,42-40+,50-48+,58-56+. The Morgan fingerprint density at radius 1 is 0.423 bits per heavy atom. The number of ether oxygens (including phenoxy) is 2. The Morgan fingerprint density at radius 2 is 0.731 bits per heavy atom. The zero-order chi connectivity index (χ0) is 56.5. The first kappa shape index (κ1) is 74.2. The average Bonchev–Trinajstić information content (AvgIpc) is 3.45. The SMILES string of the molecule is CCCCCCCCCC/C=C\CCCCCCCCCCCCCCCCCCCC(=O)NC(COC1OC(CO)C(O)C(O)C1O)C(O)/C=C/CC/C=C/CC/C=C/CCCCCCCCCCCCCCCCCC. The molecule has 0 aromatic carbocycles. The lowest BCUT2D eigenvalue weighted by molar-refractivity contribution is -0.302. The summed E-state index contributed by atoms with van der Waals surface area (Å²) in [7, 11) is 0. The van der Waals surface area contributed by atoms with Gasteiger partial charge in [0.2, 0.25) is 5.91 Å². The molecule has 0 saturated carbocycles. The van der Waals surface area contributed by atoms with Crippen LogP contribution in [0.3, 0.4) is 0 Å². The fourth-order valence-corrected chi connectivity index (χ4v) is 10.8. The summed E-state index contributed by atoms with van der Waals surface area (Å²) in [6.07, 6.45) is 72.1. The molecule has 7 atom stereocenters. The van der Waals surface area contributed by atoms with Crippen LogP contribution in [0.5, 0.6) is 0 Å². The van der Waals surface area contributed by atoms with Gasteiger partial charge in [-0.05, 0) is 70.6 Å². The Morgan fingerprint density at radius 3 is 1.08 bits per heavy atom. The molecule has 0 aliphatic carbocycles. The van der Waals surface area contributed by atoms with Gasteiger partial charge in [-0.2, -0.15) is 0 Å². The lowest BCUT2D eigenvalue weighted by atomic mass is 9.99. The fourth-order valence-electron chi connectivity index (χ4n) is 10.8. The van der Waals surface area contributed by atoms with Crippen molar-refractivity contribution in [3.05, 3.63) is 48.6 Å². The maximum Gasteiger partial charge on any atom is 0.220 e. The molecular weight excluding hydrogens is 971 g/mol. The largest absolute Gasteiger partial charge is 0.394 e. The van der Waals surface area contributed by atoms with E-state index in [-0.39, 0.29) is 12.5 Å². The van der Waals surface area contributed by atoms with Crippen LogP contribution < -0.4 is 5.32 Å². The highest BCUT2D eigenvalue weighted by Crippen LogP contribution is 2.23. The molecule has 6 N–H and O–H groups in total. The third-order valence-electron chi connectivity index (χ3n) is 16.1. The second-order valence-electron chi connectivity index (χ2n) is 23.6. The lowest BCUT2D eigenvalue weighted by Gasteiger charge is -2.40. The Balaban J connectivity index is 2.18. The number of amides is 1. The first-order valence-corrected chi connectivity index (χ1v) is 33.9. The molecule has 1 aliphatic heterocycles. The predicted octanol–water partition coefficient (Wildman–Crippen LogP) is 18.0. The van der Waals surface area contributed by atoms with Crippen molar-refractivity contribution < 1.29 is 39.8 Å². The first-order valence-electron chi connectivity index (χ1n) is 33.9. The van der Waals surface area contributed by atoms with E-state index in [0.29, 0.717) is 6.42 Å². The lowest BCUT2D eigenvalue weighted by Crippen LogP contribution is -2.60. The molecule has 1 rings (SSSR count). The van der Waals surface area contributed by atoms with Gasteiger partial charge in [-0.25, -0.2) is 0 Å². The highest BCUT2D eigenvalue weighted by molar-refractivity contribution is 5.76. The van der Waals surface area contributed by atoms with Gasteiger partial charge in [0.25, 0.3) is 0 Å². The van der Waals surface area contributed by atoms with Crippen molar-refractivity contribution in [2.24, 2.45) is 0 Å². The Bertz CT molecular complexity index is 1370. The van der Waals surface area contributed by atoms with Crippen LogP contribution >= 0.6 is 0 Å². The normalized spacial score (nSPS) is 18.9. The van der Waals surface area contributed by atoms with Crippen molar-refractivity contribution in [3.8, 4) is 0 Å². The van der Waals surface area contributed by atoms with Gasteiger partial charge >= 0.3 is 0 Å². The van der Waals surface area contributed by atoms with Crippen molar-refractivity contribution in [2.45, 2.75) is 371 Å². The maximum absolute atomic E-state index is 13.1. The van der Waals surface area contributed by atoms with E-state index in [2.05, 4.69) is 55.6 Å². The highest BCUT2D eigenvalue weighted by Gasteiger charge is 2.44. The molecule has 7 unspecified atom stereocenters. The molecule has 0 spiro atoms. The molecule has 0 bridgehead atoms. The molecule has 0 aromatic heterocycles. The number of hydrogen-bond acceptors (Lipinski definition) is 8. The number of nitrogens with one attached hydrogen (secondary N) is 1. The number of carbonyl (C=O) groups is 1. The Kier molecular flexibility index (Phi) is 55.5. The van der Waals surface area contributed by atoms with Crippen LogP contribution in [0.2, 0.25) is 0 Å². The minimum atomic E-state index is -1.58. The van der Waals surface area contributed by atoms with E-state index in [1.807, 2.05) is 6.08 Å². The Hall–Kier alpha value is -1.85. The quantitative estimate of drug-likeness (QED) is 0.0261. The van der Waals surface area contributed by atoms with E-state index in [4.69, 9.17) is 9.47 Å². The average molecular weight is 1100 g/mol. The predicted molar refractivity (Wildman–Crippen MR) is 332 cm³/mol. The molecule has 0 radical (unpaired) electrons. The van der Waals surface area contributed by atoms with Gasteiger partial charge in [-0.3, -0.25) is 4.79 Å². The smallest absolute Gasteiger partial charge is 0.220 e. The van der Waals surface area contributed by atoms with E-state index in [1.54, 1.807) is 6.08 Å². The molecular formula is C69H129NO8. The molecule has 9 nitrogen and oxygen atoms in total. The van der Waals surface area contributed by atoms with Gasteiger partial charge in [0.1, 0.15) is 24.4 Å². The van der Waals surface area contributed by atoms with E-state index in [9.17, 15) is 30.3 Å². The summed E-state index contributed by atoms with van der Waals surface area (Å²) in [5.74, 6) is -0.186. The zero-order valence-corrected chi connectivity index (χ0v) is 51.2. The molecule has 1 amide bonds. The van der Waals surface area contributed by atoms with Crippen molar-refractivity contribution in [1.29, 1.82) is 0 Å². The molecule has 1 aliphatic rings. The second-order valence-corrected chi connectivity index (χ2v) is 23.6. The summed E-state index contributed by atoms with van der Waals surface area (Å²) in [5.41, 5.74) is 0. The molecule has 1 fully saturated rings. The summed E-state index contributed by atoms with van der Waals surface area (Å²) in [5, 5.41) is 54.7. The van der Waals surface area contributed by atoms with Crippen LogP contribution in [-0.2, 0) is 14.3 Å². The summed E-state index contributed by atoms with van der Waals surface area (Å²) in [4.78, 5) is 13.1. The molecule has 78 heavy (non-hydrogen) atoms. The van der Waals surface area contributed by atoms with Gasteiger partial charge < -0.3 is 40.3 Å². The molecule has 1 heterocycles. The number of unbranched alkanes of at least 4 members (excludes halogenated alkanes) is 43. The van der Waals surface area contributed by atoms with E-state index in [1.165, 1.54) is 263 Å². The van der Waals surface area contributed by atoms with E-state index < -0.39 is 49.5 Å².